The van der Waals surface area contributed by atoms with Crippen LogP contribution in [-0.4, -0.2) is 52.7 Å². The Morgan fingerprint density at radius 3 is 1.93 bits per heavy atom. The predicted octanol–water partition coefficient (Wildman–Crippen LogP) is 11.1. The second-order valence-corrected chi connectivity index (χ2v) is 15.7. The number of aliphatic hydroxyl groups is 1. The number of ether oxygens (including phenoxy) is 2. The van der Waals surface area contributed by atoms with Gasteiger partial charge in [-0.1, -0.05) is 157 Å². The molecule has 1 aliphatic heterocycles. The summed E-state index contributed by atoms with van der Waals surface area (Å²) < 4.78 is 13.6. The topological polar surface area (TPSA) is 108 Å². The molecule has 0 saturated carbocycles. The van der Waals surface area contributed by atoms with Gasteiger partial charge in [-0.25, -0.2) is 0 Å². The maximum Gasteiger partial charge on any atom is 0.303 e. The third-order valence-corrected chi connectivity index (χ3v) is 11.0. The van der Waals surface area contributed by atoms with E-state index in [0.29, 0.717) is 25.8 Å². The van der Waals surface area contributed by atoms with E-state index in [-0.39, 0.29) is 31.1 Å². The number of nitrogens with one attached hydrogen (secondary N) is 1. The molecule has 1 fully saturated rings. The van der Waals surface area contributed by atoms with Crippen LogP contribution in [0.2, 0.25) is 0 Å². The Labute approximate surface area is 337 Å². The number of carbonyl (C=O) groups excluding carboxylic acids is 1. The second-order valence-electron chi connectivity index (χ2n) is 15.7. The summed E-state index contributed by atoms with van der Waals surface area (Å²) in [6.07, 6.45) is 18.2. The lowest BCUT2D eigenvalue weighted by Gasteiger charge is -2.38. The van der Waals surface area contributed by atoms with Crippen LogP contribution in [-0.2, 0) is 32.2 Å². The van der Waals surface area contributed by atoms with Crippen LogP contribution in [0.1, 0.15) is 164 Å². The van der Waals surface area contributed by atoms with E-state index in [1.165, 1.54) is 77.0 Å². The van der Waals surface area contributed by atoms with Gasteiger partial charge in [-0.2, -0.15) is 0 Å². The van der Waals surface area contributed by atoms with E-state index < -0.39 is 12.3 Å². The molecule has 0 aliphatic carbocycles. The minimum Gasteiger partial charge on any atom is -0.481 e. The van der Waals surface area contributed by atoms with Crippen LogP contribution in [0.5, 0.6) is 0 Å². The first-order chi connectivity index (χ1) is 27.4. The first kappa shape index (κ1) is 45.1. The SMILES string of the molecule is CCCCCCCCN(CCCCCCCC)CC1CC(c2ccc(CO)cc2)OC(c2ccc(-c3ccccc3CNC(=O)CCCCCC(=O)O)cc2)O1. The molecule has 1 amide bonds. The van der Waals surface area contributed by atoms with Gasteiger partial charge in [-0.05, 0) is 66.6 Å². The highest BCUT2D eigenvalue weighted by molar-refractivity contribution is 5.76. The Morgan fingerprint density at radius 2 is 1.29 bits per heavy atom. The molecular weight excluding hydrogens is 701 g/mol. The number of amides is 1. The minimum absolute atomic E-state index is 0.0117. The van der Waals surface area contributed by atoms with Gasteiger partial charge in [0.15, 0.2) is 6.29 Å². The van der Waals surface area contributed by atoms with E-state index in [0.717, 1.165) is 65.9 Å². The number of hydrogen-bond donors (Lipinski definition) is 3. The summed E-state index contributed by atoms with van der Waals surface area (Å²) in [7, 11) is 0. The lowest BCUT2D eigenvalue weighted by atomic mass is 9.97. The van der Waals surface area contributed by atoms with Gasteiger partial charge in [-0.15, -0.1) is 0 Å². The van der Waals surface area contributed by atoms with Gasteiger partial charge in [0, 0.05) is 37.9 Å². The summed E-state index contributed by atoms with van der Waals surface area (Å²) in [4.78, 5) is 26.0. The van der Waals surface area contributed by atoms with Gasteiger partial charge in [0.25, 0.3) is 0 Å². The molecule has 1 aliphatic rings. The summed E-state index contributed by atoms with van der Waals surface area (Å²) >= 11 is 0. The Kier molecular flexibility index (Phi) is 21.3. The zero-order chi connectivity index (χ0) is 39.8. The molecule has 1 heterocycles. The van der Waals surface area contributed by atoms with E-state index in [2.05, 4.69) is 66.5 Å². The highest BCUT2D eigenvalue weighted by Gasteiger charge is 2.33. The quantitative estimate of drug-likeness (QED) is 0.0631. The number of carboxylic acids is 1. The van der Waals surface area contributed by atoms with Crippen molar-refractivity contribution in [3.8, 4) is 11.1 Å². The molecule has 0 spiro atoms. The van der Waals surface area contributed by atoms with Crippen LogP contribution in [0.3, 0.4) is 0 Å². The monoisotopic (exact) mass is 771 g/mol. The molecule has 8 nitrogen and oxygen atoms in total. The van der Waals surface area contributed by atoms with Gasteiger partial charge in [0.2, 0.25) is 5.91 Å². The number of aliphatic hydroxyl groups excluding tert-OH is 1. The highest BCUT2D eigenvalue weighted by Crippen LogP contribution is 2.39. The maximum atomic E-state index is 12.6. The number of aliphatic carboxylic acids is 1. The van der Waals surface area contributed by atoms with Gasteiger partial charge < -0.3 is 29.9 Å². The van der Waals surface area contributed by atoms with E-state index in [1.54, 1.807) is 0 Å². The normalized spacial score (nSPS) is 17.0. The third kappa shape index (κ3) is 16.5. The molecule has 0 radical (unpaired) electrons. The third-order valence-electron chi connectivity index (χ3n) is 11.0. The van der Waals surface area contributed by atoms with Crippen LogP contribution in [0, 0.1) is 0 Å². The standard InChI is InChI=1S/C48H70N2O6/c1-3-5-7-9-11-18-32-50(33-19-12-10-8-6-4-2)36-43-34-45(40-26-24-38(37-51)25-27-40)56-48(55-43)41-30-28-39(29-31-41)44-21-17-16-20-42(44)35-49-46(52)22-14-13-15-23-47(53)54/h16-17,20-21,24-31,43,45,48,51H,3-15,18-19,22-23,32-37H2,1-2H3,(H,49,52)(H,53,54). The van der Waals surface area contributed by atoms with Crippen molar-refractivity contribution in [1.82, 2.24) is 10.2 Å². The average molecular weight is 771 g/mol. The molecule has 3 aromatic carbocycles. The van der Waals surface area contributed by atoms with Crippen molar-refractivity contribution in [3.63, 3.8) is 0 Å². The lowest BCUT2D eigenvalue weighted by molar-refractivity contribution is -0.253. The molecule has 3 atom stereocenters. The van der Waals surface area contributed by atoms with Gasteiger partial charge in [0.1, 0.15) is 0 Å². The van der Waals surface area contributed by atoms with Crippen LogP contribution in [0.15, 0.2) is 72.8 Å². The first-order valence-electron chi connectivity index (χ1n) is 21.8. The molecule has 3 N–H and O–H groups in total. The Hall–Kier alpha value is -3.56. The fourth-order valence-electron chi connectivity index (χ4n) is 7.64. The molecule has 4 rings (SSSR count). The number of rotatable bonds is 28. The van der Waals surface area contributed by atoms with E-state index in [1.807, 2.05) is 30.3 Å². The molecule has 3 unspecified atom stereocenters. The molecule has 3 aromatic rings. The summed E-state index contributed by atoms with van der Waals surface area (Å²) in [5.41, 5.74) is 6.12. The Balaban J connectivity index is 1.44. The molecule has 308 valence electrons. The van der Waals surface area contributed by atoms with Crippen molar-refractivity contribution in [2.24, 2.45) is 0 Å². The Bertz CT molecular complexity index is 1510. The molecule has 8 heteroatoms. The van der Waals surface area contributed by atoms with Crippen molar-refractivity contribution < 1.29 is 29.3 Å². The zero-order valence-corrected chi connectivity index (χ0v) is 34.4. The number of carboxylic acid groups (broad SMARTS) is 1. The first-order valence-corrected chi connectivity index (χ1v) is 21.8. The van der Waals surface area contributed by atoms with Crippen LogP contribution in [0.25, 0.3) is 11.1 Å². The number of benzene rings is 3. The summed E-state index contributed by atoms with van der Waals surface area (Å²) in [5, 5.41) is 21.6. The average Bonchev–Trinajstić information content (AvgIpc) is 3.22. The van der Waals surface area contributed by atoms with Crippen molar-refractivity contribution in [3.05, 3.63) is 95.1 Å². The maximum absolute atomic E-state index is 12.6. The molecule has 0 aromatic heterocycles. The van der Waals surface area contributed by atoms with E-state index in [4.69, 9.17) is 14.6 Å². The smallest absolute Gasteiger partial charge is 0.303 e. The van der Waals surface area contributed by atoms with Gasteiger partial charge in [-0.3, -0.25) is 9.59 Å². The van der Waals surface area contributed by atoms with Crippen molar-refractivity contribution in [2.45, 2.75) is 161 Å². The van der Waals surface area contributed by atoms with Crippen molar-refractivity contribution in [2.75, 3.05) is 19.6 Å². The minimum atomic E-state index is -0.795. The predicted molar refractivity (Wildman–Crippen MR) is 226 cm³/mol. The number of hydrogen-bond acceptors (Lipinski definition) is 6. The van der Waals surface area contributed by atoms with Crippen LogP contribution < -0.4 is 5.32 Å². The number of unbranched alkanes of at least 4 members (excludes halogenated alkanes) is 12. The van der Waals surface area contributed by atoms with Crippen LogP contribution in [0.4, 0.5) is 0 Å². The van der Waals surface area contributed by atoms with Crippen LogP contribution >= 0.6 is 0 Å². The molecule has 1 saturated heterocycles. The zero-order valence-electron chi connectivity index (χ0n) is 34.4. The van der Waals surface area contributed by atoms with Crippen molar-refractivity contribution >= 4 is 11.9 Å². The summed E-state index contributed by atoms with van der Waals surface area (Å²) in [5.74, 6) is -0.819. The molecule has 56 heavy (non-hydrogen) atoms. The Morgan fingerprint density at radius 1 is 0.696 bits per heavy atom. The fraction of sp³-hybridized carbons (Fsp3) is 0.583. The van der Waals surface area contributed by atoms with Crippen molar-refractivity contribution in [1.29, 1.82) is 0 Å². The highest BCUT2D eigenvalue weighted by atomic mass is 16.7. The van der Waals surface area contributed by atoms with E-state index in [9.17, 15) is 14.7 Å². The fourth-order valence-corrected chi connectivity index (χ4v) is 7.64. The summed E-state index contributed by atoms with van der Waals surface area (Å²) in [6.45, 7) is 8.07. The summed E-state index contributed by atoms with van der Waals surface area (Å²) in [6, 6.07) is 24.7. The molecular formula is C48H70N2O6. The number of carbonyl (C=O) groups is 2. The largest absolute Gasteiger partial charge is 0.481 e. The van der Waals surface area contributed by atoms with Gasteiger partial charge in [0.05, 0.1) is 18.8 Å². The molecule has 0 bridgehead atoms. The van der Waals surface area contributed by atoms with E-state index >= 15 is 0 Å². The number of nitrogens with zero attached hydrogens (tertiary/aromatic N) is 1. The lowest BCUT2D eigenvalue weighted by Crippen LogP contribution is -2.40. The van der Waals surface area contributed by atoms with Gasteiger partial charge >= 0.3 is 5.97 Å². The second kappa shape index (κ2) is 26.4.